The fourth-order valence-electron chi connectivity index (χ4n) is 3.03. The lowest BCUT2D eigenvalue weighted by Gasteiger charge is -2.22. The van der Waals surface area contributed by atoms with Crippen LogP contribution >= 0.6 is 0 Å². The van der Waals surface area contributed by atoms with Gasteiger partial charge in [0.15, 0.2) is 0 Å². The van der Waals surface area contributed by atoms with Crippen LogP contribution < -0.4 is 5.11 Å². The summed E-state index contributed by atoms with van der Waals surface area (Å²) in [6, 6.07) is 15.8. The number of aryl methyl sites for hydroxylation is 2. The Morgan fingerprint density at radius 2 is 1.58 bits per heavy atom. The topological polar surface area (TPSA) is 72.8 Å². The van der Waals surface area contributed by atoms with Crippen LogP contribution in [0.25, 0.3) is 0 Å². The number of rotatable bonds is 5. The van der Waals surface area contributed by atoms with Gasteiger partial charge in [0.25, 0.3) is 0 Å². The molecule has 0 fully saturated rings. The molecule has 0 N–H and O–H groups in total. The fraction of sp³-hybridized carbons (Fsp3) is 0.286. The SMILES string of the molecule is Cc1ccc(C2=NN(C(=O)CCC(=O)[O-])[C@@H](c3ccc(C)cc3)C2)cc1. The van der Waals surface area contributed by atoms with Crippen molar-refractivity contribution in [1.82, 2.24) is 5.01 Å². The lowest BCUT2D eigenvalue weighted by molar-refractivity contribution is -0.305. The van der Waals surface area contributed by atoms with Crippen molar-refractivity contribution >= 4 is 17.6 Å². The Kier molecular flexibility index (Phi) is 5.16. The summed E-state index contributed by atoms with van der Waals surface area (Å²) < 4.78 is 0. The Morgan fingerprint density at radius 3 is 2.15 bits per heavy atom. The van der Waals surface area contributed by atoms with E-state index in [0.717, 1.165) is 28.0 Å². The molecule has 1 aliphatic rings. The van der Waals surface area contributed by atoms with Crippen molar-refractivity contribution in [3.63, 3.8) is 0 Å². The van der Waals surface area contributed by atoms with Crippen molar-refractivity contribution < 1.29 is 14.7 Å². The maximum Gasteiger partial charge on any atom is 0.243 e. The van der Waals surface area contributed by atoms with Crippen LogP contribution in [0, 0.1) is 13.8 Å². The molecule has 1 aliphatic heterocycles. The van der Waals surface area contributed by atoms with E-state index in [-0.39, 0.29) is 24.8 Å². The second kappa shape index (κ2) is 7.52. The molecule has 1 heterocycles. The molecule has 134 valence electrons. The van der Waals surface area contributed by atoms with Crippen molar-refractivity contribution in [3.8, 4) is 0 Å². The third-order valence-electron chi connectivity index (χ3n) is 4.56. The van der Waals surface area contributed by atoms with E-state index in [9.17, 15) is 14.7 Å². The third-order valence-corrected chi connectivity index (χ3v) is 4.56. The minimum Gasteiger partial charge on any atom is -0.550 e. The normalized spacial score (nSPS) is 16.5. The number of carboxylic acid groups (broad SMARTS) is 1. The first-order chi connectivity index (χ1) is 12.4. The maximum atomic E-state index is 12.6. The summed E-state index contributed by atoms with van der Waals surface area (Å²) >= 11 is 0. The van der Waals surface area contributed by atoms with Gasteiger partial charge in [0.05, 0.1) is 11.8 Å². The standard InChI is InChI=1S/C21H22N2O3/c1-14-3-7-16(8-4-14)18-13-19(17-9-5-15(2)6-10-17)23(22-18)20(24)11-12-21(25)26/h3-10,19H,11-13H2,1-2H3,(H,25,26)/p-1/t19-/m1/s1. The van der Waals surface area contributed by atoms with Gasteiger partial charge in [-0.3, -0.25) is 4.79 Å². The Hall–Kier alpha value is -2.95. The molecular weight excluding hydrogens is 328 g/mol. The molecule has 2 aromatic carbocycles. The summed E-state index contributed by atoms with van der Waals surface area (Å²) in [5.74, 6) is -1.53. The van der Waals surface area contributed by atoms with Crippen LogP contribution in [0.3, 0.4) is 0 Å². The van der Waals surface area contributed by atoms with E-state index in [1.807, 2.05) is 62.4 Å². The summed E-state index contributed by atoms with van der Waals surface area (Å²) in [5.41, 5.74) is 5.09. The van der Waals surface area contributed by atoms with Crippen LogP contribution in [-0.2, 0) is 9.59 Å². The largest absolute Gasteiger partial charge is 0.550 e. The third kappa shape index (κ3) is 3.99. The van der Waals surface area contributed by atoms with Gasteiger partial charge < -0.3 is 9.90 Å². The molecular formula is C21H21N2O3-. The predicted octanol–water partition coefficient (Wildman–Crippen LogP) is 2.51. The first-order valence-electron chi connectivity index (χ1n) is 8.67. The Morgan fingerprint density at radius 1 is 1.00 bits per heavy atom. The summed E-state index contributed by atoms with van der Waals surface area (Å²) in [7, 11) is 0. The summed E-state index contributed by atoms with van der Waals surface area (Å²) in [4.78, 5) is 23.3. The highest BCUT2D eigenvalue weighted by Crippen LogP contribution is 2.33. The second-order valence-electron chi connectivity index (χ2n) is 6.65. The number of benzene rings is 2. The van der Waals surface area contributed by atoms with Gasteiger partial charge in [0.1, 0.15) is 0 Å². The van der Waals surface area contributed by atoms with Crippen LogP contribution in [0.1, 0.15) is 47.6 Å². The zero-order chi connectivity index (χ0) is 18.7. The van der Waals surface area contributed by atoms with Crippen molar-refractivity contribution in [1.29, 1.82) is 0 Å². The zero-order valence-corrected chi connectivity index (χ0v) is 14.9. The molecule has 3 rings (SSSR count). The van der Waals surface area contributed by atoms with Gasteiger partial charge >= 0.3 is 0 Å². The summed E-state index contributed by atoms with van der Waals surface area (Å²) in [5, 5.41) is 16.7. The fourth-order valence-corrected chi connectivity index (χ4v) is 3.03. The number of carbonyl (C=O) groups is 2. The first-order valence-corrected chi connectivity index (χ1v) is 8.67. The molecule has 1 amide bonds. The number of carboxylic acids is 1. The van der Waals surface area contributed by atoms with E-state index in [4.69, 9.17) is 0 Å². The number of carbonyl (C=O) groups excluding carboxylic acids is 2. The summed E-state index contributed by atoms with van der Waals surface area (Å²) in [6.45, 7) is 4.03. The van der Waals surface area contributed by atoms with E-state index in [1.54, 1.807) is 0 Å². The highest BCUT2D eigenvalue weighted by Gasteiger charge is 2.32. The van der Waals surface area contributed by atoms with E-state index >= 15 is 0 Å². The number of nitrogens with zero attached hydrogens (tertiary/aromatic N) is 2. The Labute approximate surface area is 153 Å². The molecule has 0 spiro atoms. The highest BCUT2D eigenvalue weighted by molar-refractivity contribution is 6.03. The molecule has 1 atom stereocenters. The molecule has 0 unspecified atom stereocenters. The highest BCUT2D eigenvalue weighted by atomic mass is 16.4. The molecule has 5 nitrogen and oxygen atoms in total. The molecule has 26 heavy (non-hydrogen) atoms. The van der Waals surface area contributed by atoms with Crippen molar-refractivity contribution in [2.24, 2.45) is 5.10 Å². The average molecular weight is 349 g/mol. The monoisotopic (exact) mass is 349 g/mol. The van der Waals surface area contributed by atoms with E-state index in [1.165, 1.54) is 5.01 Å². The second-order valence-corrected chi connectivity index (χ2v) is 6.65. The molecule has 0 bridgehead atoms. The van der Waals surface area contributed by atoms with Crippen molar-refractivity contribution in [2.45, 2.75) is 39.2 Å². The van der Waals surface area contributed by atoms with Crippen LogP contribution in [0.2, 0.25) is 0 Å². The minimum absolute atomic E-state index is 0.116. The van der Waals surface area contributed by atoms with E-state index < -0.39 is 5.97 Å². The number of hydrazone groups is 1. The van der Waals surface area contributed by atoms with Crippen LogP contribution in [0.4, 0.5) is 0 Å². The van der Waals surface area contributed by atoms with E-state index in [0.29, 0.717) is 6.42 Å². The maximum absolute atomic E-state index is 12.6. The van der Waals surface area contributed by atoms with Gasteiger partial charge in [0.2, 0.25) is 5.91 Å². The van der Waals surface area contributed by atoms with Crippen LogP contribution in [0.5, 0.6) is 0 Å². The Balaban J connectivity index is 1.89. The molecule has 2 aromatic rings. The van der Waals surface area contributed by atoms with Gasteiger partial charge in [-0.25, -0.2) is 5.01 Å². The van der Waals surface area contributed by atoms with Gasteiger partial charge in [-0.1, -0.05) is 59.7 Å². The predicted molar refractivity (Wildman–Crippen MR) is 97.3 cm³/mol. The van der Waals surface area contributed by atoms with Gasteiger partial charge in [-0.2, -0.15) is 5.10 Å². The molecule has 5 heteroatoms. The smallest absolute Gasteiger partial charge is 0.243 e. The van der Waals surface area contributed by atoms with Crippen LogP contribution in [0.15, 0.2) is 53.6 Å². The van der Waals surface area contributed by atoms with Gasteiger partial charge in [-0.15, -0.1) is 0 Å². The van der Waals surface area contributed by atoms with Crippen molar-refractivity contribution in [2.75, 3.05) is 0 Å². The summed E-state index contributed by atoms with van der Waals surface area (Å²) in [6.07, 6.45) is 0.184. The lowest BCUT2D eigenvalue weighted by Crippen LogP contribution is -2.29. The van der Waals surface area contributed by atoms with Crippen LogP contribution in [-0.4, -0.2) is 22.6 Å². The number of amides is 1. The van der Waals surface area contributed by atoms with Crippen molar-refractivity contribution in [3.05, 3.63) is 70.8 Å². The van der Waals surface area contributed by atoms with Gasteiger partial charge in [-0.05, 0) is 31.4 Å². The number of hydrogen-bond donors (Lipinski definition) is 0. The quantitative estimate of drug-likeness (QED) is 0.832. The zero-order valence-electron chi connectivity index (χ0n) is 14.9. The van der Waals surface area contributed by atoms with Gasteiger partial charge in [0, 0.05) is 18.8 Å². The first kappa shape index (κ1) is 17.9. The van der Waals surface area contributed by atoms with E-state index in [2.05, 4.69) is 5.10 Å². The molecule has 0 aliphatic carbocycles. The minimum atomic E-state index is -1.23. The lowest BCUT2D eigenvalue weighted by atomic mass is 9.97. The Bertz CT molecular complexity index is 839. The molecule has 0 saturated carbocycles. The molecule has 0 radical (unpaired) electrons. The molecule has 0 saturated heterocycles. The number of hydrogen-bond acceptors (Lipinski definition) is 4. The number of aliphatic carboxylic acids is 1. The molecule has 0 aromatic heterocycles. The average Bonchev–Trinajstić information content (AvgIpc) is 3.06.